The molecule has 5 nitrogen and oxygen atoms in total. The zero-order chi connectivity index (χ0) is 24.5. The van der Waals surface area contributed by atoms with Crippen molar-refractivity contribution in [1.29, 1.82) is 0 Å². The van der Waals surface area contributed by atoms with E-state index in [4.69, 9.17) is 0 Å². The number of benzene rings is 2. The molecule has 1 heterocycles. The Bertz CT molecular complexity index is 953. The van der Waals surface area contributed by atoms with Crippen molar-refractivity contribution >= 4 is 23.6 Å². The van der Waals surface area contributed by atoms with Crippen molar-refractivity contribution in [3.8, 4) is 0 Å². The van der Waals surface area contributed by atoms with Gasteiger partial charge < -0.3 is 15.1 Å². The second-order valence-electron chi connectivity index (χ2n) is 9.91. The molecule has 2 aromatic carbocycles. The summed E-state index contributed by atoms with van der Waals surface area (Å²) in [4.78, 5) is 31.2. The molecule has 1 N–H and O–H groups in total. The number of nitrogens with zero attached hydrogens (tertiary/aromatic N) is 2. The molecule has 0 unspecified atom stereocenters. The molecule has 2 fully saturated rings. The van der Waals surface area contributed by atoms with E-state index < -0.39 is 0 Å². The number of nitrogens with one attached hydrogen (secondary N) is 1. The van der Waals surface area contributed by atoms with Gasteiger partial charge in [0.05, 0.1) is 11.3 Å². The van der Waals surface area contributed by atoms with Crippen LogP contribution in [0, 0.1) is 0 Å². The Morgan fingerprint density at radius 3 is 2.37 bits per heavy atom. The first-order valence-corrected chi connectivity index (χ1v) is 14.1. The van der Waals surface area contributed by atoms with Crippen LogP contribution in [0.15, 0.2) is 59.5 Å². The number of carbonyl (C=O) groups is 2. The number of hydrogen-bond acceptors (Lipinski definition) is 4. The van der Waals surface area contributed by atoms with E-state index in [1.807, 2.05) is 36.2 Å². The SMILES string of the molecule is CN(C(=O)CSc1ccccc1C(=O)NC1CCN(CCc2ccccc2)CC1)C1CCCCC1. The van der Waals surface area contributed by atoms with E-state index >= 15 is 0 Å². The van der Waals surface area contributed by atoms with E-state index in [1.165, 1.54) is 36.6 Å². The van der Waals surface area contributed by atoms with Crippen LogP contribution in [-0.2, 0) is 11.2 Å². The summed E-state index contributed by atoms with van der Waals surface area (Å²) in [5.74, 6) is 0.501. The fourth-order valence-electron chi connectivity index (χ4n) is 5.19. The molecule has 0 spiro atoms. The Morgan fingerprint density at radius 2 is 1.63 bits per heavy atom. The van der Waals surface area contributed by atoms with Gasteiger partial charge in [-0.2, -0.15) is 0 Å². The number of carbonyl (C=O) groups excluding carboxylic acids is 2. The highest BCUT2D eigenvalue weighted by molar-refractivity contribution is 8.00. The number of rotatable bonds is 9. The lowest BCUT2D eigenvalue weighted by molar-refractivity contribution is -0.129. The van der Waals surface area contributed by atoms with Crippen molar-refractivity contribution in [2.45, 2.75) is 68.3 Å². The smallest absolute Gasteiger partial charge is 0.252 e. The molecule has 4 rings (SSSR count). The Balaban J connectivity index is 1.23. The van der Waals surface area contributed by atoms with Gasteiger partial charge in [-0.15, -0.1) is 11.8 Å². The molecule has 0 atom stereocenters. The predicted molar refractivity (Wildman–Crippen MR) is 144 cm³/mol. The summed E-state index contributed by atoms with van der Waals surface area (Å²) in [6.07, 6.45) is 8.93. The molecule has 2 aromatic rings. The van der Waals surface area contributed by atoms with E-state index in [0.29, 0.717) is 17.4 Å². The van der Waals surface area contributed by atoms with Crippen LogP contribution in [0.3, 0.4) is 0 Å². The van der Waals surface area contributed by atoms with Crippen molar-refractivity contribution in [3.05, 3.63) is 65.7 Å². The summed E-state index contributed by atoms with van der Waals surface area (Å²) in [7, 11) is 1.93. The van der Waals surface area contributed by atoms with E-state index in [9.17, 15) is 9.59 Å². The molecule has 6 heteroatoms. The lowest BCUT2D eigenvalue weighted by Gasteiger charge is -2.32. The molecule has 2 amide bonds. The van der Waals surface area contributed by atoms with E-state index in [2.05, 4.69) is 40.5 Å². The minimum atomic E-state index is -0.0241. The first-order chi connectivity index (χ1) is 17.1. The molecule has 188 valence electrons. The maximum absolute atomic E-state index is 13.1. The van der Waals surface area contributed by atoms with Crippen molar-refractivity contribution < 1.29 is 9.59 Å². The third-order valence-electron chi connectivity index (χ3n) is 7.48. The molecule has 0 bridgehead atoms. The van der Waals surface area contributed by atoms with Gasteiger partial charge in [0, 0.05) is 43.7 Å². The number of hydrogen-bond donors (Lipinski definition) is 1. The van der Waals surface area contributed by atoms with Gasteiger partial charge in [-0.3, -0.25) is 9.59 Å². The highest BCUT2D eigenvalue weighted by Crippen LogP contribution is 2.26. The topological polar surface area (TPSA) is 52.7 Å². The lowest BCUT2D eigenvalue weighted by Crippen LogP contribution is -2.45. The quantitative estimate of drug-likeness (QED) is 0.499. The summed E-state index contributed by atoms with van der Waals surface area (Å²) in [5, 5.41) is 3.26. The Hall–Kier alpha value is -2.31. The van der Waals surface area contributed by atoms with Gasteiger partial charge in [0.1, 0.15) is 0 Å². The molecule has 1 aliphatic carbocycles. The van der Waals surface area contributed by atoms with Crippen LogP contribution in [0.1, 0.15) is 60.9 Å². The molecule has 0 aromatic heterocycles. The highest BCUT2D eigenvalue weighted by Gasteiger charge is 2.24. The number of thioether (sulfide) groups is 1. The van der Waals surface area contributed by atoms with Gasteiger partial charge in [-0.05, 0) is 49.8 Å². The third-order valence-corrected chi connectivity index (χ3v) is 8.54. The van der Waals surface area contributed by atoms with Crippen molar-refractivity contribution in [1.82, 2.24) is 15.1 Å². The molecule has 35 heavy (non-hydrogen) atoms. The molecule has 2 aliphatic rings. The zero-order valence-electron chi connectivity index (χ0n) is 21.0. The summed E-state index contributed by atoms with van der Waals surface area (Å²) < 4.78 is 0. The van der Waals surface area contributed by atoms with Gasteiger partial charge in [0.15, 0.2) is 0 Å². The number of piperidine rings is 1. The van der Waals surface area contributed by atoms with Crippen LogP contribution in [0.5, 0.6) is 0 Å². The Kier molecular flexibility index (Phi) is 9.66. The summed E-state index contributed by atoms with van der Waals surface area (Å²) in [6, 6.07) is 18.9. The maximum atomic E-state index is 13.1. The average molecular weight is 494 g/mol. The normalized spacial score (nSPS) is 17.7. The number of amides is 2. The second kappa shape index (κ2) is 13.1. The standard InChI is InChI=1S/C29H39N3O2S/c1-31(25-12-6-3-7-13-25)28(33)22-35-27-15-9-8-14-26(27)29(34)30-24-17-20-32(21-18-24)19-16-23-10-4-2-5-11-23/h2,4-5,8-11,14-15,24-25H,3,6-7,12-13,16-22H2,1H3,(H,30,34). The van der Waals surface area contributed by atoms with Crippen LogP contribution < -0.4 is 5.32 Å². The zero-order valence-corrected chi connectivity index (χ0v) is 21.8. The summed E-state index contributed by atoms with van der Waals surface area (Å²) >= 11 is 1.48. The van der Waals surface area contributed by atoms with Crippen LogP contribution in [0.4, 0.5) is 0 Å². The Morgan fingerprint density at radius 1 is 0.943 bits per heavy atom. The molecule has 0 radical (unpaired) electrons. The van der Waals surface area contributed by atoms with Crippen molar-refractivity contribution in [3.63, 3.8) is 0 Å². The van der Waals surface area contributed by atoms with Gasteiger partial charge in [0.2, 0.25) is 5.91 Å². The average Bonchev–Trinajstić information content (AvgIpc) is 2.92. The van der Waals surface area contributed by atoms with Crippen LogP contribution >= 0.6 is 11.8 Å². The second-order valence-corrected chi connectivity index (χ2v) is 10.9. The molecular weight excluding hydrogens is 454 g/mol. The van der Waals surface area contributed by atoms with Gasteiger partial charge in [-0.1, -0.05) is 61.7 Å². The first-order valence-electron chi connectivity index (χ1n) is 13.1. The van der Waals surface area contributed by atoms with Crippen LogP contribution in [-0.4, -0.2) is 66.1 Å². The number of likely N-dealkylation sites (tertiary alicyclic amines) is 1. The fraction of sp³-hybridized carbons (Fsp3) is 0.517. The van der Waals surface area contributed by atoms with E-state index in [1.54, 1.807) is 0 Å². The maximum Gasteiger partial charge on any atom is 0.252 e. The third kappa shape index (κ3) is 7.58. The van der Waals surface area contributed by atoms with Crippen LogP contribution in [0.2, 0.25) is 0 Å². The van der Waals surface area contributed by atoms with Gasteiger partial charge >= 0.3 is 0 Å². The fourth-order valence-corrected chi connectivity index (χ4v) is 6.16. The first kappa shape index (κ1) is 25.8. The monoisotopic (exact) mass is 493 g/mol. The van der Waals surface area contributed by atoms with Gasteiger partial charge in [-0.25, -0.2) is 0 Å². The van der Waals surface area contributed by atoms with Gasteiger partial charge in [0.25, 0.3) is 5.91 Å². The minimum absolute atomic E-state index is 0.0241. The molecule has 1 saturated heterocycles. The minimum Gasteiger partial charge on any atom is -0.349 e. The van der Waals surface area contributed by atoms with E-state index in [0.717, 1.165) is 56.6 Å². The highest BCUT2D eigenvalue weighted by atomic mass is 32.2. The van der Waals surface area contributed by atoms with Crippen molar-refractivity contribution in [2.24, 2.45) is 0 Å². The largest absolute Gasteiger partial charge is 0.349 e. The summed E-state index contributed by atoms with van der Waals surface area (Å²) in [6.45, 7) is 3.08. The molecular formula is C29H39N3O2S. The molecule has 1 saturated carbocycles. The lowest BCUT2D eigenvalue weighted by atomic mass is 9.94. The van der Waals surface area contributed by atoms with Crippen molar-refractivity contribution in [2.75, 3.05) is 32.4 Å². The predicted octanol–water partition coefficient (Wildman–Crippen LogP) is 5.01. The Labute approximate surface area is 214 Å². The molecule has 1 aliphatic heterocycles. The van der Waals surface area contributed by atoms with Crippen LogP contribution in [0.25, 0.3) is 0 Å². The van der Waals surface area contributed by atoms with E-state index in [-0.39, 0.29) is 17.9 Å². The summed E-state index contributed by atoms with van der Waals surface area (Å²) in [5.41, 5.74) is 2.05.